The van der Waals surface area contributed by atoms with Gasteiger partial charge in [0.2, 0.25) is 5.91 Å². The van der Waals surface area contributed by atoms with E-state index in [1.54, 1.807) is 4.90 Å². The van der Waals surface area contributed by atoms with E-state index in [-0.39, 0.29) is 23.7 Å². The summed E-state index contributed by atoms with van der Waals surface area (Å²) in [6, 6.07) is 10.9. The third kappa shape index (κ3) is 3.90. The molecule has 1 aromatic rings. The molecule has 4 atom stereocenters. The fourth-order valence-electron chi connectivity index (χ4n) is 4.86. The van der Waals surface area contributed by atoms with Crippen molar-refractivity contribution in [1.82, 2.24) is 10.2 Å². The molecule has 0 aromatic heterocycles. The standard InChI is InChI=1S/C22H28N4O2/c1-25-8-9-26(14-21(25)28)19-6-2-15(3-7-19)10-16(13-23)11-20(27)22-17-4-5-18(12-17)24-22/h2-3,6-7,16-18,22,24H,4-5,8-12,14H2,1H3/t16-,17+,18-,22+/m1/s1. The van der Waals surface area contributed by atoms with Crippen molar-refractivity contribution in [1.29, 1.82) is 5.26 Å². The first kappa shape index (κ1) is 18.9. The Bertz CT molecular complexity index is 785. The van der Waals surface area contributed by atoms with Crippen LogP contribution in [0, 0.1) is 23.2 Å². The monoisotopic (exact) mass is 380 g/mol. The van der Waals surface area contributed by atoms with Gasteiger partial charge in [-0.25, -0.2) is 0 Å². The van der Waals surface area contributed by atoms with Crippen molar-refractivity contribution in [2.75, 3.05) is 31.6 Å². The number of fused-ring (bicyclic) bond motifs is 2. The molecule has 1 amide bonds. The van der Waals surface area contributed by atoms with E-state index < -0.39 is 0 Å². The number of benzene rings is 1. The first-order valence-electron chi connectivity index (χ1n) is 10.3. The van der Waals surface area contributed by atoms with Crippen LogP contribution < -0.4 is 10.2 Å². The highest BCUT2D eigenvalue weighted by atomic mass is 16.2. The Balaban J connectivity index is 1.33. The van der Waals surface area contributed by atoms with E-state index in [1.165, 1.54) is 6.42 Å². The van der Waals surface area contributed by atoms with Crippen LogP contribution in [0.25, 0.3) is 0 Å². The van der Waals surface area contributed by atoms with Crippen molar-refractivity contribution in [3.63, 3.8) is 0 Å². The lowest BCUT2D eigenvalue weighted by Crippen LogP contribution is -2.48. The number of rotatable bonds is 6. The van der Waals surface area contributed by atoms with Crippen molar-refractivity contribution in [2.45, 2.75) is 44.2 Å². The van der Waals surface area contributed by atoms with Crippen molar-refractivity contribution >= 4 is 17.4 Å². The maximum Gasteiger partial charge on any atom is 0.241 e. The second-order valence-corrected chi connectivity index (χ2v) is 8.52. The van der Waals surface area contributed by atoms with Crippen molar-refractivity contribution < 1.29 is 9.59 Å². The lowest BCUT2D eigenvalue weighted by atomic mass is 9.88. The van der Waals surface area contributed by atoms with Gasteiger partial charge in [0, 0.05) is 38.3 Å². The average Bonchev–Trinajstić information content (AvgIpc) is 3.34. The van der Waals surface area contributed by atoms with Gasteiger partial charge in [-0.2, -0.15) is 5.26 Å². The second-order valence-electron chi connectivity index (χ2n) is 8.52. The van der Waals surface area contributed by atoms with Crippen LogP contribution in [0.3, 0.4) is 0 Å². The molecule has 1 aliphatic carbocycles. The number of carbonyl (C=O) groups excluding carboxylic acids is 2. The molecule has 3 aliphatic rings. The lowest BCUT2D eigenvalue weighted by Gasteiger charge is -2.33. The van der Waals surface area contributed by atoms with Gasteiger partial charge in [-0.15, -0.1) is 0 Å². The molecule has 2 aliphatic heterocycles. The van der Waals surface area contributed by atoms with Gasteiger partial charge in [0.25, 0.3) is 0 Å². The zero-order valence-electron chi connectivity index (χ0n) is 16.4. The maximum absolute atomic E-state index is 12.7. The summed E-state index contributed by atoms with van der Waals surface area (Å²) in [5, 5.41) is 13.0. The molecule has 1 saturated carbocycles. The second kappa shape index (κ2) is 7.92. The van der Waals surface area contributed by atoms with E-state index in [0.29, 0.717) is 31.3 Å². The van der Waals surface area contributed by atoms with Crippen LogP contribution in [0.4, 0.5) is 5.69 Å². The zero-order chi connectivity index (χ0) is 19.7. The maximum atomic E-state index is 12.7. The van der Waals surface area contributed by atoms with Crippen LogP contribution in [0.2, 0.25) is 0 Å². The summed E-state index contributed by atoms with van der Waals surface area (Å²) in [6.07, 6.45) is 4.35. The van der Waals surface area contributed by atoms with E-state index in [4.69, 9.17) is 0 Å². The largest absolute Gasteiger partial charge is 0.360 e. The SMILES string of the molecule is CN1CCN(c2ccc(C[C@@H](C#N)CC(=O)[C@H]3N[C@@H]4CC[C@H]3C4)cc2)CC1=O. The molecular formula is C22H28N4O2. The van der Waals surface area contributed by atoms with E-state index in [9.17, 15) is 14.9 Å². The highest BCUT2D eigenvalue weighted by molar-refractivity contribution is 5.85. The number of likely N-dealkylation sites (N-methyl/N-ethyl adjacent to an activating group) is 1. The minimum absolute atomic E-state index is 0.0354. The highest BCUT2D eigenvalue weighted by Gasteiger charge is 2.42. The van der Waals surface area contributed by atoms with E-state index >= 15 is 0 Å². The number of amides is 1. The number of carbonyl (C=O) groups is 2. The molecule has 1 N–H and O–H groups in total. The molecule has 1 aromatic carbocycles. The zero-order valence-corrected chi connectivity index (χ0v) is 16.4. The van der Waals surface area contributed by atoms with Gasteiger partial charge in [0.05, 0.1) is 24.6 Å². The molecule has 6 heteroatoms. The van der Waals surface area contributed by atoms with Crippen LogP contribution in [-0.2, 0) is 16.0 Å². The summed E-state index contributed by atoms with van der Waals surface area (Å²) >= 11 is 0. The molecule has 3 fully saturated rings. The number of anilines is 1. The summed E-state index contributed by atoms with van der Waals surface area (Å²) < 4.78 is 0. The Hall–Kier alpha value is -2.39. The van der Waals surface area contributed by atoms with Crippen LogP contribution in [0.1, 0.15) is 31.2 Å². The number of hydrogen-bond acceptors (Lipinski definition) is 5. The van der Waals surface area contributed by atoms with Crippen LogP contribution >= 0.6 is 0 Å². The molecule has 2 saturated heterocycles. The third-order valence-electron chi connectivity index (χ3n) is 6.58. The van der Waals surface area contributed by atoms with Gasteiger partial charge in [0.1, 0.15) is 0 Å². The van der Waals surface area contributed by atoms with E-state index in [0.717, 1.165) is 37.2 Å². The number of piperazine rings is 1. The molecule has 6 nitrogen and oxygen atoms in total. The molecule has 0 radical (unpaired) electrons. The van der Waals surface area contributed by atoms with Gasteiger partial charge in [-0.1, -0.05) is 12.1 Å². The predicted molar refractivity (Wildman–Crippen MR) is 107 cm³/mol. The minimum atomic E-state index is -0.288. The summed E-state index contributed by atoms with van der Waals surface area (Å²) in [5.74, 6) is 0.519. The van der Waals surface area contributed by atoms with E-state index in [2.05, 4.69) is 16.3 Å². The number of nitrogens with zero attached hydrogens (tertiary/aromatic N) is 3. The molecule has 0 unspecified atom stereocenters. The number of nitriles is 1. The highest BCUT2D eigenvalue weighted by Crippen LogP contribution is 2.36. The van der Waals surface area contributed by atoms with Gasteiger partial charge in [-0.3, -0.25) is 9.59 Å². The van der Waals surface area contributed by atoms with Gasteiger partial charge in [-0.05, 0) is 49.3 Å². The van der Waals surface area contributed by atoms with E-state index in [1.807, 2.05) is 31.3 Å². The predicted octanol–water partition coefficient (Wildman–Crippen LogP) is 1.75. The molecule has 28 heavy (non-hydrogen) atoms. The first-order valence-corrected chi connectivity index (χ1v) is 10.3. The average molecular weight is 380 g/mol. The lowest BCUT2D eigenvalue weighted by molar-refractivity contribution is -0.129. The Kier molecular flexibility index (Phi) is 5.36. The Morgan fingerprint density at radius 1 is 1.29 bits per heavy atom. The number of Topliss-reactive ketones (excluding diaryl/α,β-unsaturated/α-hetero) is 1. The third-order valence-corrected chi connectivity index (χ3v) is 6.58. The molecule has 0 spiro atoms. The minimum Gasteiger partial charge on any atom is -0.360 e. The Morgan fingerprint density at radius 2 is 2.07 bits per heavy atom. The molecule has 148 valence electrons. The fraction of sp³-hybridized carbons (Fsp3) is 0.591. The Labute approximate surface area is 166 Å². The first-order chi connectivity index (χ1) is 13.5. The number of ketones is 1. The smallest absolute Gasteiger partial charge is 0.241 e. The number of nitrogens with one attached hydrogen (secondary N) is 1. The van der Waals surface area contributed by atoms with Gasteiger partial charge < -0.3 is 15.1 Å². The quantitative estimate of drug-likeness (QED) is 0.814. The summed E-state index contributed by atoms with van der Waals surface area (Å²) in [7, 11) is 1.83. The normalized spacial score (nSPS) is 27.7. The van der Waals surface area contributed by atoms with Crippen molar-refractivity contribution in [2.24, 2.45) is 11.8 Å². The molecule has 2 heterocycles. The fourth-order valence-corrected chi connectivity index (χ4v) is 4.86. The van der Waals surface area contributed by atoms with Gasteiger partial charge in [0.15, 0.2) is 5.78 Å². The molecule has 4 rings (SSSR count). The summed E-state index contributed by atoms with van der Waals surface area (Å²) in [5.41, 5.74) is 2.09. The van der Waals surface area contributed by atoms with Crippen LogP contribution in [0.5, 0.6) is 0 Å². The number of hydrogen-bond donors (Lipinski definition) is 1. The summed E-state index contributed by atoms with van der Waals surface area (Å²) in [6.45, 7) is 1.96. The Morgan fingerprint density at radius 3 is 2.68 bits per heavy atom. The topological polar surface area (TPSA) is 76.4 Å². The van der Waals surface area contributed by atoms with Crippen molar-refractivity contribution in [3.05, 3.63) is 29.8 Å². The van der Waals surface area contributed by atoms with Gasteiger partial charge >= 0.3 is 0 Å². The van der Waals surface area contributed by atoms with Crippen LogP contribution in [-0.4, -0.2) is 55.4 Å². The number of piperidine rings is 1. The molecular weight excluding hydrogens is 352 g/mol. The summed E-state index contributed by atoms with van der Waals surface area (Å²) in [4.78, 5) is 28.4. The molecule has 2 bridgehead atoms. The van der Waals surface area contributed by atoms with Crippen LogP contribution in [0.15, 0.2) is 24.3 Å². The van der Waals surface area contributed by atoms with Crippen molar-refractivity contribution in [3.8, 4) is 6.07 Å².